The molecule has 3 rings (SSSR count). The summed E-state index contributed by atoms with van der Waals surface area (Å²) in [6, 6.07) is 17.3. The van der Waals surface area contributed by atoms with Crippen LogP contribution in [0.4, 0.5) is 5.69 Å². The number of hydrogen-bond donors (Lipinski definition) is 1. The van der Waals surface area contributed by atoms with Gasteiger partial charge in [0.05, 0.1) is 10.6 Å². The lowest BCUT2D eigenvalue weighted by atomic mass is 10.1. The summed E-state index contributed by atoms with van der Waals surface area (Å²) in [5, 5.41) is 3.68. The third kappa shape index (κ3) is 7.56. The van der Waals surface area contributed by atoms with E-state index in [1.54, 1.807) is 68.4 Å². The summed E-state index contributed by atoms with van der Waals surface area (Å²) < 4.78 is 29.0. The van der Waals surface area contributed by atoms with Crippen molar-refractivity contribution in [3.05, 3.63) is 93.5 Å². The first kappa shape index (κ1) is 31.5. The minimum atomic E-state index is -4.14. The molecule has 0 radical (unpaired) electrons. The summed E-state index contributed by atoms with van der Waals surface area (Å²) in [4.78, 5) is 28.6. The van der Waals surface area contributed by atoms with Crippen molar-refractivity contribution < 1.29 is 18.0 Å². The van der Waals surface area contributed by atoms with Crippen LogP contribution in [0.5, 0.6) is 0 Å². The minimum Gasteiger partial charge on any atom is -0.352 e. The van der Waals surface area contributed by atoms with Gasteiger partial charge in [0, 0.05) is 22.6 Å². The number of anilines is 1. The highest BCUT2D eigenvalue weighted by Crippen LogP contribution is 2.28. The van der Waals surface area contributed by atoms with Crippen LogP contribution in [0.15, 0.2) is 71.6 Å². The maximum absolute atomic E-state index is 14.0. The lowest BCUT2D eigenvalue weighted by Gasteiger charge is -2.33. The van der Waals surface area contributed by atoms with E-state index in [0.29, 0.717) is 33.3 Å². The molecule has 0 saturated carbocycles. The average molecular weight is 605 g/mol. The van der Waals surface area contributed by atoms with Crippen molar-refractivity contribution in [1.82, 2.24) is 10.2 Å². The fraction of sp³-hybridized carbons (Fsp3) is 0.333. The van der Waals surface area contributed by atoms with E-state index in [0.717, 1.165) is 9.87 Å². The number of hydrogen-bond acceptors (Lipinski definition) is 4. The molecule has 3 aromatic carbocycles. The molecule has 10 heteroatoms. The quantitative estimate of drug-likeness (QED) is 0.285. The highest BCUT2D eigenvalue weighted by Gasteiger charge is 2.33. The van der Waals surface area contributed by atoms with Gasteiger partial charge in [0.2, 0.25) is 11.8 Å². The van der Waals surface area contributed by atoms with Crippen molar-refractivity contribution in [3.8, 4) is 0 Å². The SMILES string of the molecule is CC[C@@H](C)NC(=O)[C@@H](C)N(Cc1ccc(Cl)cc1Cl)C(=O)CN(c1ccccc1C)S(=O)(=O)c1ccc(C)cc1. The van der Waals surface area contributed by atoms with E-state index in [1.165, 1.54) is 17.0 Å². The third-order valence-corrected chi connectivity index (χ3v) is 9.16. The number of sulfonamides is 1. The molecule has 2 atom stereocenters. The van der Waals surface area contributed by atoms with E-state index >= 15 is 0 Å². The second-order valence-electron chi connectivity index (χ2n) is 9.86. The van der Waals surface area contributed by atoms with Gasteiger partial charge in [0.15, 0.2) is 0 Å². The first-order chi connectivity index (χ1) is 18.8. The van der Waals surface area contributed by atoms with Crippen LogP contribution in [0.25, 0.3) is 0 Å². The maximum Gasteiger partial charge on any atom is 0.264 e. The minimum absolute atomic E-state index is 0.0177. The van der Waals surface area contributed by atoms with E-state index in [9.17, 15) is 18.0 Å². The lowest BCUT2D eigenvalue weighted by Crippen LogP contribution is -2.52. The van der Waals surface area contributed by atoms with Crippen molar-refractivity contribution in [1.29, 1.82) is 0 Å². The molecule has 0 aliphatic carbocycles. The van der Waals surface area contributed by atoms with Crippen molar-refractivity contribution >= 4 is 50.7 Å². The van der Waals surface area contributed by atoms with E-state index in [1.807, 2.05) is 20.8 Å². The van der Waals surface area contributed by atoms with Crippen molar-refractivity contribution in [2.45, 2.75) is 64.6 Å². The number of halogens is 2. The Balaban J connectivity index is 2.06. The van der Waals surface area contributed by atoms with Gasteiger partial charge in [-0.15, -0.1) is 0 Å². The van der Waals surface area contributed by atoms with E-state index in [4.69, 9.17) is 23.2 Å². The smallest absolute Gasteiger partial charge is 0.264 e. The number of benzene rings is 3. The summed E-state index contributed by atoms with van der Waals surface area (Å²) in [6.45, 7) is 8.55. The summed E-state index contributed by atoms with van der Waals surface area (Å²) >= 11 is 12.5. The van der Waals surface area contributed by atoms with Crippen LogP contribution in [-0.2, 0) is 26.2 Å². The Morgan fingerprint density at radius 2 is 1.60 bits per heavy atom. The molecule has 40 heavy (non-hydrogen) atoms. The zero-order valence-corrected chi connectivity index (χ0v) is 25.6. The predicted octanol–water partition coefficient (Wildman–Crippen LogP) is 6.14. The molecule has 0 spiro atoms. The molecule has 3 aromatic rings. The molecule has 0 unspecified atom stereocenters. The zero-order chi connectivity index (χ0) is 29.6. The molecule has 0 aliphatic heterocycles. The molecule has 0 bridgehead atoms. The Labute approximate surface area is 247 Å². The van der Waals surface area contributed by atoms with Gasteiger partial charge in [-0.2, -0.15) is 0 Å². The number of nitrogens with zero attached hydrogens (tertiary/aromatic N) is 2. The van der Waals surface area contributed by atoms with Gasteiger partial charge in [-0.05, 0) is 75.6 Å². The Morgan fingerprint density at radius 1 is 0.950 bits per heavy atom. The van der Waals surface area contributed by atoms with Crippen LogP contribution in [0, 0.1) is 13.8 Å². The topological polar surface area (TPSA) is 86.8 Å². The summed E-state index contributed by atoms with van der Waals surface area (Å²) in [6.07, 6.45) is 0.714. The number of amides is 2. The molecular weight excluding hydrogens is 569 g/mol. The molecule has 7 nitrogen and oxygen atoms in total. The average Bonchev–Trinajstić information content (AvgIpc) is 2.91. The van der Waals surface area contributed by atoms with Crippen LogP contribution >= 0.6 is 23.2 Å². The largest absolute Gasteiger partial charge is 0.352 e. The molecule has 0 heterocycles. The number of carbonyl (C=O) groups excluding carboxylic acids is 2. The van der Waals surface area contributed by atoms with Crippen LogP contribution in [0.1, 0.15) is 43.9 Å². The van der Waals surface area contributed by atoms with Crippen molar-refractivity contribution in [2.24, 2.45) is 0 Å². The lowest BCUT2D eigenvalue weighted by molar-refractivity contribution is -0.139. The molecule has 0 aromatic heterocycles. The second-order valence-corrected chi connectivity index (χ2v) is 12.6. The Bertz CT molecular complexity index is 1460. The van der Waals surface area contributed by atoms with Gasteiger partial charge < -0.3 is 10.2 Å². The molecule has 214 valence electrons. The van der Waals surface area contributed by atoms with Crippen LogP contribution in [-0.4, -0.2) is 43.8 Å². The van der Waals surface area contributed by atoms with Gasteiger partial charge in [-0.25, -0.2) is 8.42 Å². The van der Waals surface area contributed by atoms with Crippen LogP contribution in [0.2, 0.25) is 10.0 Å². The van der Waals surface area contributed by atoms with Gasteiger partial charge in [-0.1, -0.05) is 72.1 Å². The van der Waals surface area contributed by atoms with Crippen molar-refractivity contribution in [2.75, 3.05) is 10.8 Å². The van der Waals surface area contributed by atoms with Crippen molar-refractivity contribution in [3.63, 3.8) is 0 Å². The first-order valence-corrected chi connectivity index (χ1v) is 15.2. The Morgan fingerprint density at radius 3 is 2.20 bits per heavy atom. The summed E-state index contributed by atoms with van der Waals surface area (Å²) in [5.74, 6) is -0.909. The van der Waals surface area contributed by atoms with Crippen LogP contribution in [0.3, 0.4) is 0 Å². The number of carbonyl (C=O) groups is 2. The number of rotatable bonds is 11. The normalized spacial score (nSPS) is 12.9. The number of nitrogens with one attached hydrogen (secondary N) is 1. The maximum atomic E-state index is 14.0. The molecular formula is C30H35Cl2N3O4S. The summed E-state index contributed by atoms with van der Waals surface area (Å²) in [7, 11) is -4.14. The summed E-state index contributed by atoms with van der Waals surface area (Å²) in [5.41, 5.74) is 2.54. The molecule has 0 saturated heterocycles. The highest BCUT2D eigenvalue weighted by atomic mass is 35.5. The third-order valence-electron chi connectivity index (χ3n) is 6.80. The highest BCUT2D eigenvalue weighted by molar-refractivity contribution is 7.92. The monoisotopic (exact) mass is 603 g/mol. The van der Waals surface area contributed by atoms with Gasteiger partial charge >= 0.3 is 0 Å². The van der Waals surface area contributed by atoms with Gasteiger partial charge in [0.25, 0.3) is 10.0 Å². The molecule has 1 N–H and O–H groups in total. The molecule has 0 aliphatic rings. The van der Waals surface area contributed by atoms with E-state index in [2.05, 4.69) is 5.32 Å². The number of para-hydroxylation sites is 1. The second kappa shape index (κ2) is 13.5. The van der Waals surface area contributed by atoms with Gasteiger partial charge in [-0.3, -0.25) is 13.9 Å². The van der Waals surface area contributed by atoms with E-state index in [-0.39, 0.29) is 23.4 Å². The molecule has 0 fully saturated rings. The van der Waals surface area contributed by atoms with Crippen LogP contribution < -0.4 is 9.62 Å². The fourth-order valence-corrected chi connectivity index (χ4v) is 6.02. The standard InChI is InChI=1S/C30H35Cl2N3O4S/c1-6-22(4)33-30(37)23(5)34(18-24-13-14-25(31)17-27(24)32)29(36)19-35(28-10-8-7-9-21(28)3)40(38,39)26-15-11-20(2)12-16-26/h7-17,22-23H,6,18-19H2,1-5H3,(H,33,37)/t22-,23-/m1/s1. The zero-order valence-electron chi connectivity index (χ0n) is 23.3. The predicted molar refractivity (Wildman–Crippen MR) is 161 cm³/mol. The fourth-order valence-electron chi connectivity index (χ4n) is 4.08. The first-order valence-electron chi connectivity index (χ1n) is 13.0. The molecule has 2 amide bonds. The number of aryl methyl sites for hydroxylation is 2. The Hall–Kier alpha value is -3.07. The Kier molecular flexibility index (Phi) is 10.6. The van der Waals surface area contributed by atoms with E-state index < -0.39 is 28.5 Å². The van der Waals surface area contributed by atoms with Gasteiger partial charge in [0.1, 0.15) is 12.6 Å².